The number of aromatic nitrogens is 3. The Hall–Kier alpha value is -3.00. The van der Waals surface area contributed by atoms with E-state index in [0.717, 1.165) is 35.7 Å². The van der Waals surface area contributed by atoms with E-state index in [-0.39, 0.29) is 5.91 Å². The second-order valence-electron chi connectivity index (χ2n) is 8.41. The van der Waals surface area contributed by atoms with E-state index in [1.807, 2.05) is 25.1 Å². The lowest BCUT2D eigenvalue weighted by molar-refractivity contribution is 0.102. The van der Waals surface area contributed by atoms with E-state index in [4.69, 9.17) is 32.9 Å². The molecular weight excluding hydrogens is 503 g/mol. The van der Waals surface area contributed by atoms with Gasteiger partial charge in [0.1, 0.15) is 10.9 Å². The van der Waals surface area contributed by atoms with Crippen LogP contribution in [0.15, 0.2) is 48.8 Å². The highest BCUT2D eigenvalue weighted by Gasteiger charge is 2.25. The van der Waals surface area contributed by atoms with Gasteiger partial charge in [0.05, 0.1) is 24.6 Å². The third kappa shape index (κ3) is 5.03. The number of amides is 1. The van der Waals surface area contributed by atoms with Gasteiger partial charge in [0, 0.05) is 32.9 Å². The standard InChI is InChI=1S/C26H22Cl2N4O2S/c1-14-9-18(19-11-24(28)30-13-22(19)34-2)20(12-29-14)25(33)32-26-31-21-8-5-16(10-23(21)35-26)15-3-6-17(27)7-4-15/h3-4,6-7,9,11-13,16H,5,8,10H2,1-2H3,(H,31,32,33)/t16-/m1/s1. The topological polar surface area (TPSA) is 77.0 Å². The molecule has 9 heteroatoms. The zero-order chi connectivity index (χ0) is 24.5. The van der Waals surface area contributed by atoms with E-state index in [9.17, 15) is 4.79 Å². The zero-order valence-corrected chi connectivity index (χ0v) is 21.5. The molecule has 4 aromatic rings. The first kappa shape index (κ1) is 23.7. The molecule has 0 radical (unpaired) electrons. The van der Waals surface area contributed by atoms with Gasteiger partial charge in [-0.15, -0.1) is 11.3 Å². The Morgan fingerprint density at radius 2 is 1.91 bits per heavy atom. The Kier molecular flexibility index (Phi) is 6.73. The van der Waals surface area contributed by atoms with Crippen molar-refractivity contribution in [1.29, 1.82) is 0 Å². The number of halogens is 2. The number of hydrogen-bond donors (Lipinski definition) is 1. The van der Waals surface area contributed by atoms with Crippen LogP contribution in [0.5, 0.6) is 5.75 Å². The Labute approximate surface area is 217 Å². The fraction of sp³-hybridized carbons (Fsp3) is 0.231. The van der Waals surface area contributed by atoms with Crippen LogP contribution in [0.2, 0.25) is 10.2 Å². The lowest BCUT2D eigenvalue weighted by Gasteiger charge is -2.21. The molecule has 5 rings (SSSR count). The second kappa shape index (κ2) is 9.93. The largest absolute Gasteiger partial charge is 0.494 e. The molecule has 1 N–H and O–H groups in total. The molecule has 0 saturated heterocycles. The fourth-order valence-electron chi connectivity index (χ4n) is 4.37. The average molecular weight is 525 g/mol. The smallest absolute Gasteiger partial charge is 0.259 e. The molecule has 1 aliphatic carbocycles. The summed E-state index contributed by atoms with van der Waals surface area (Å²) in [6.45, 7) is 1.87. The van der Waals surface area contributed by atoms with Gasteiger partial charge in [0.25, 0.3) is 5.91 Å². The second-order valence-corrected chi connectivity index (χ2v) is 10.3. The number of ether oxygens (including phenoxy) is 1. The van der Waals surface area contributed by atoms with Crippen LogP contribution in [0.3, 0.4) is 0 Å². The summed E-state index contributed by atoms with van der Waals surface area (Å²) < 4.78 is 5.46. The quantitative estimate of drug-likeness (QED) is 0.292. The van der Waals surface area contributed by atoms with Crippen molar-refractivity contribution >= 4 is 45.6 Å². The van der Waals surface area contributed by atoms with E-state index >= 15 is 0 Å². The number of nitrogens with one attached hydrogen (secondary N) is 1. The number of fused-ring (bicyclic) bond motifs is 1. The van der Waals surface area contributed by atoms with Gasteiger partial charge in [-0.05, 0) is 61.9 Å². The summed E-state index contributed by atoms with van der Waals surface area (Å²) >= 11 is 13.7. The maximum Gasteiger partial charge on any atom is 0.259 e. The third-order valence-corrected chi connectivity index (χ3v) is 7.63. The van der Waals surface area contributed by atoms with Crippen molar-refractivity contribution in [3.63, 3.8) is 0 Å². The van der Waals surface area contributed by atoms with Gasteiger partial charge in [-0.3, -0.25) is 15.1 Å². The maximum atomic E-state index is 13.3. The highest BCUT2D eigenvalue weighted by molar-refractivity contribution is 7.15. The molecule has 0 spiro atoms. The molecule has 0 unspecified atom stereocenters. The van der Waals surface area contributed by atoms with E-state index in [1.54, 1.807) is 25.6 Å². The van der Waals surface area contributed by atoms with Crippen LogP contribution in [0.25, 0.3) is 11.1 Å². The van der Waals surface area contributed by atoms with Crippen molar-refractivity contribution in [1.82, 2.24) is 15.0 Å². The Morgan fingerprint density at radius 3 is 2.69 bits per heavy atom. The summed E-state index contributed by atoms with van der Waals surface area (Å²) in [5.41, 5.74) is 4.85. The Bertz CT molecular complexity index is 1410. The minimum Gasteiger partial charge on any atom is -0.494 e. The molecular formula is C26H22Cl2N4O2S. The van der Waals surface area contributed by atoms with Gasteiger partial charge in [0.15, 0.2) is 5.13 Å². The molecule has 178 valence electrons. The molecule has 0 fully saturated rings. The minimum atomic E-state index is -0.289. The van der Waals surface area contributed by atoms with Crippen LogP contribution >= 0.6 is 34.5 Å². The van der Waals surface area contributed by atoms with E-state index < -0.39 is 0 Å². The molecule has 0 aliphatic heterocycles. The van der Waals surface area contributed by atoms with Crippen LogP contribution in [-0.4, -0.2) is 28.0 Å². The third-order valence-electron chi connectivity index (χ3n) is 6.13. The predicted molar refractivity (Wildman–Crippen MR) is 140 cm³/mol. The van der Waals surface area contributed by atoms with Gasteiger partial charge >= 0.3 is 0 Å². The maximum absolute atomic E-state index is 13.3. The Morgan fingerprint density at radius 1 is 1.11 bits per heavy atom. The van der Waals surface area contributed by atoms with E-state index in [2.05, 4.69) is 27.4 Å². The molecule has 35 heavy (non-hydrogen) atoms. The van der Waals surface area contributed by atoms with Crippen molar-refractivity contribution in [3.05, 3.63) is 86.4 Å². The van der Waals surface area contributed by atoms with Crippen molar-refractivity contribution < 1.29 is 9.53 Å². The normalized spacial score (nSPS) is 14.9. The van der Waals surface area contributed by atoms with Crippen molar-refractivity contribution in [2.45, 2.75) is 32.1 Å². The molecule has 0 saturated carbocycles. The number of rotatable bonds is 5. The summed E-state index contributed by atoms with van der Waals surface area (Å²) in [4.78, 5) is 27.7. The molecule has 1 aromatic carbocycles. The number of carbonyl (C=O) groups excluding carboxylic acids is 1. The van der Waals surface area contributed by atoms with Gasteiger partial charge < -0.3 is 4.74 Å². The molecule has 6 nitrogen and oxygen atoms in total. The number of thiazole rings is 1. The van der Waals surface area contributed by atoms with Gasteiger partial charge in [-0.2, -0.15) is 0 Å². The highest BCUT2D eigenvalue weighted by Crippen LogP contribution is 2.38. The SMILES string of the molecule is COc1cnc(Cl)cc1-c1cc(C)ncc1C(=O)Nc1nc2c(s1)C[C@H](c1ccc(Cl)cc1)CC2. The number of carbonyl (C=O) groups is 1. The first-order chi connectivity index (χ1) is 16.9. The number of nitrogens with zero attached hydrogens (tertiary/aromatic N) is 3. The zero-order valence-electron chi connectivity index (χ0n) is 19.1. The van der Waals surface area contributed by atoms with Crippen LogP contribution in [-0.2, 0) is 12.8 Å². The molecule has 1 aliphatic rings. The number of benzene rings is 1. The average Bonchev–Trinajstić information content (AvgIpc) is 3.25. The summed E-state index contributed by atoms with van der Waals surface area (Å²) in [5.74, 6) is 0.649. The van der Waals surface area contributed by atoms with Crippen molar-refractivity contribution in [2.75, 3.05) is 12.4 Å². The van der Waals surface area contributed by atoms with Crippen LogP contribution < -0.4 is 10.1 Å². The van der Waals surface area contributed by atoms with Gasteiger partial charge in [-0.1, -0.05) is 35.3 Å². The summed E-state index contributed by atoms with van der Waals surface area (Å²) in [5, 5.41) is 4.62. The monoisotopic (exact) mass is 524 g/mol. The minimum absolute atomic E-state index is 0.289. The summed E-state index contributed by atoms with van der Waals surface area (Å²) in [6.07, 6.45) is 5.90. The number of methoxy groups -OCH3 is 1. The van der Waals surface area contributed by atoms with E-state index in [0.29, 0.717) is 38.6 Å². The lowest BCUT2D eigenvalue weighted by Crippen LogP contribution is -2.14. The van der Waals surface area contributed by atoms with Crippen molar-refractivity contribution in [3.8, 4) is 16.9 Å². The number of aryl methyl sites for hydroxylation is 2. The van der Waals surface area contributed by atoms with Crippen LogP contribution in [0, 0.1) is 6.92 Å². The fourth-order valence-corrected chi connectivity index (χ4v) is 5.73. The summed E-state index contributed by atoms with van der Waals surface area (Å²) in [7, 11) is 1.56. The number of pyridine rings is 2. The highest BCUT2D eigenvalue weighted by atomic mass is 35.5. The molecule has 1 atom stereocenters. The molecule has 3 heterocycles. The number of anilines is 1. The Balaban J connectivity index is 1.40. The molecule has 1 amide bonds. The summed E-state index contributed by atoms with van der Waals surface area (Å²) in [6, 6.07) is 11.6. The number of hydrogen-bond acceptors (Lipinski definition) is 6. The first-order valence-corrected chi connectivity index (χ1v) is 12.7. The lowest BCUT2D eigenvalue weighted by atomic mass is 9.85. The van der Waals surface area contributed by atoms with E-state index in [1.165, 1.54) is 21.8 Å². The van der Waals surface area contributed by atoms with Crippen molar-refractivity contribution in [2.24, 2.45) is 0 Å². The van der Waals surface area contributed by atoms with Gasteiger partial charge in [0.2, 0.25) is 0 Å². The van der Waals surface area contributed by atoms with Gasteiger partial charge in [-0.25, -0.2) is 9.97 Å². The first-order valence-electron chi connectivity index (χ1n) is 11.1. The van der Waals surface area contributed by atoms with Crippen LogP contribution in [0.1, 0.15) is 44.5 Å². The van der Waals surface area contributed by atoms with Crippen LogP contribution in [0.4, 0.5) is 5.13 Å². The molecule has 3 aromatic heterocycles. The molecule has 0 bridgehead atoms. The predicted octanol–water partition coefficient (Wildman–Crippen LogP) is 6.75.